The van der Waals surface area contributed by atoms with Crippen LogP contribution in [0.5, 0.6) is 17.2 Å². The smallest absolute Gasteiger partial charge is 0.248 e. The van der Waals surface area contributed by atoms with Crippen molar-refractivity contribution in [1.29, 1.82) is 0 Å². The zero-order valence-electron chi connectivity index (χ0n) is 19.7. The number of amides is 1. The van der Waals surface area contributed by atoms with Gasteiger partial charge in [0, 0.05) is 17.6 Å². The van der Waals surface area contributed by atoms with Crippen molar-refractivity contribution in [3.63, 3.8) is 0 Å². The molecule has 0 aliphatic heterocycles. The minimum absolute atomic E-state index is 0.140. The highest BCUT2D eigenvalue weighted by Gasteiger charge is 2.20. The predicted octanol–water partition coefficient (Wildman–Crippen LogP) is 3.20. The Labute approximate surface area is 203 Å². The summed E-state index contributed by atoms with van der Waals surface area (Å²) in [6.45, 7) is 4.69. The molecule has 0 saturated carbocycles. The van der Waals surface area contributed by atoms with Crippen molar-refractivity contribution in [1.82, 2.24) is 20.7 Å². The first-order valence-corrected chi connectivity index (χ1v) is 11.3. The molecule has 3 aromatic carbocycles. The molecule has 0 aliphatic carbocycles. The van der Waals surface area contributed by atoms with Crippen molar-refractivity contribution in [3.05, 3.63) is 77.9 Å². The maximum atomic E-state index is 11.2. The Balaban J connectivity index is 1.25. The molecule has 9 nitrogen and oxygen atoms in total. The fourth-order valence-corrected chi connectivity index (χ4v) is 3.67. The molecule has 0 saturated heterocycles. The van der Waals surface area contributed by atoms with Crippen molar-refractivity contribution in [2.24, 2.45) is 5.73 Å². The molecule has 4 aromatic rings. The van der Waals surface area contributed by atoms with E-state index in [0.29, 0.717) is 34.9 Å². The third kappa shape index (κ3) is 6.56. The van der Waals surface area contributed by atoms with Crippen LogP contribution < -0.4 is 20.5 Å². The fourth-order valence-electron chi connectivity index (χ4n) is 3.67. The maximum Gasteiger partial charge on any atom is 0.248 e. The van der Waals surface area contributed by atoms with E-state index in [2.05, 4.69) is 34.6 Å². The van der Waals surface area contributed by atoms with Gasteiger partial charge in [0.15, 0.2) is 5.52 Å². The summed E-state index contributed by atoms with van der Waals surface area (Å²) in [5.74, 6) is 1.43. The molecule has 35 heavy (non-hydrogen) atoms. The summed E-state index contributed by atoms with van der Waals surface area (Å²) in [5, 5.41) is 24.4. The second kappa shape index (κ2) is 10.5. The number of β-amino-alcohol motifs (C(OH)–C–C–N with tert-alkyl or cyclic N) is 1. The number of carbonyl (C=O) groups excluding carboxylic acids is 1. The second-order valence-electron chi connectivity index (χ2n) is 9.01. The van der Waals surface area contributed by atoms with Crippen LogP contribution in [0.25, 0.3) is 11.0 Å². The van der Waals surface area contributed by atoms with Gasteiger partial charge in [-0.3, -0.25) is 9.89 Å². The number of hydrogen-bond donors (Lipinski definition) is 4. The number of carbonyl (C=O) groups is 1. The van der Waals surface area contributed by atoms with Crippen LogP contribution in [0.15, 0.2) is 66.7 Å². The Kier molecular flexibility index (Phi) is 7.28. The number of H-pyrrole nitrogens is 1. The average molecular weight is 476 g/mol. The lowest BCUT2D eigenvalue weighted by molar-refractivity contribution is 0.0994. The average Bonchev–Trinajstić information content (AvgIpc) is 3.32. The Hall–Kier alpha value is -3.95. The van der Waals surface area contributed by atoms with E-state index in [1.807, 2.05) is 36.4 Å². The molecule has 0 aliphatic rings. The molecule has 1 atom stereocenters. The summed E-state index contributed by atoms with van der Waals surface area (Å²) < 4.78 is 11.6. The number of aromatic nitrogens is 3. The Bertz CT molecular complexity index is 1270. The minimum Gasteiger partial charge on any atom is -0.488 e. The summed E-state index contributed by atoms with van der Waals surface area (Å²) >= 11 is 0. The molecular formula is C26H29N5O4. The van der Waals surface area contributed by atoms with Gasteiger partial charge in [0.1, 0.15) is 30.0 Å². The van der Waals surface area contributed by atoms with Crippen LogP contribution in [-0.2, 0) is 6.42 Å². The first-order valence-electron chi connectivity index (χ1n) is 11.3. The number of rotatable bonds is 11. The van der Waals surface area contributed by atoms with Crippen LogP contribution in [0.1, 0.15) is 29.8 Å². The molecule has 5 N–H and O–H groups in total. The van der Waals surface area contributed by atoms with E-state index in [9.17, 15) is 9.90 Å². The lowest BCUT2D eigenvalue weighted by Crippen LogP contribution is -2.46. The Morgan fingerprint density at radius 1 is 1.09 bits per heavy atom. The first kappa shape index (κ1) is 24.2. The zero-order valence-corrected chi connectivity index (χ0v) is 19.7. The largest absolute Gasteiger partial charge is 0.488 e. The van der Waals surface area contributed by atoms with E-state index in [-0.39, 0.29) is 12.1 Å². The number of ether oxygens (including phenoxy) is 2. The summed E-state index contributed by atoms with van der Waals surface area (Å²) in [5.41, 5.74) is 8.01. The van der Waals surface area contributed by atoms with E-state index < -0.39 is 12.0 Å². The number of nitrogens with one attached hydrogen (secondary N) is 2. The van der Waals surface area contributed by atoms with Gasteiger partial charge in [-0.05, 0) is 74.4 Å². The number of aromatic amines is 1. The van der Waals surface area contributed by atoms with Gasteiger partial charge in [-0.15, -0.1) is 5.10 Å². The van der Waals surface area contributed by atoms with Crippen LogP contribution in [-0.4, -0.2) is 51.2 Å². The molecule has 0 radical (unpaired) electrons. The molecule has 1 heterocycles. The topological polar surface area (TPSA) is 135 Å². The summed E-state index contributed by atoms with van der Waals surface area (Å²) in [6.07, 6.45) is 0.0695. The first-order chi connectivity index (χ1) is 16.8. The molecule has 0 bridgehead atoms. The monoisotopic (exact) mass is 475 g/mol. The van der Waals surface area contributed by atoms with Gasteiger partial charge in [0.25, 0.3) is 0 Å². The zero-order chi connectivity index (χ0) is 24.8. The number of fused-ring (bicyclic) bond motifs is 1. The van der Waals surface area contributed by atoms with Gasteiger partial charge in [-0.25, -0.2) is 0 Å². The molecule has 0 spiro atoms. The van der Waals surface area contributed by atoms with Gasteiger partial charge < -0.3 is 25.6 Å². The molecule has 182 valence electrons. The second-order valence-corrected chi connectivity index (χ2v) is 9.01. The normalized spacial score (nSPS) is 12.4. The summed E-state index contributed by atoms with van der Waals surface area (Å²) in [4.78, 5) is 11.2. The van der Waals surface area contributed by atoms with E-state index in [1.54, 1.807) is 30.3 Å². The third-order valence-corrected chi connectivity index (χ3v) is 5.51. The molecule has 1 amide bonds. The minimum atomic E-state index is -0.687. The molecule has 4 rings (SSSR count). The lowest BCUT2D eigenvalue weighted by atomic mass is 9.94. The number of nitrogens with two attached hydrogens (primary N) is 1. The van der Waals surface area contributed by atoms with Crippen molar-refractivity contribution in [2.45, 2.75) is 31.9 Å². The molecule has 1 aromatic heterocycles. The van der Waals surface area contributed by atoms with Crippen molar-refractivity contribution in [2.75, 3.05) is 13.2 Å². The van der Waals surface area contributed by atoms with Crippen molar-refractivity contribution >= 4 is 16.9 Å². The van der Waals surface area contributed by atoms with Crippen LogP contribution >= 0.6 is 0 Å². The van der Waals surface area contributed by atoms with E-state index in [0.717, 1.165) is 17.5 Å². The Morgan fingerprint density at radius 2 is 1.77 bits per heavy atom. The number of hydrogen-bond acceptors (Lipinski definition) is 7. The highest BCUT2D eigenvalue weighted by Crippen LogP contribution is 2.24. The number of primary amides is 1. The number of nitrogens with zero attached hydrogens (tertiary/aromatic N) is 2. The van der Waals surface area contributed by atoms with E-state index >= 15 is 0 Å². The van der Waals surface area contributed by atoms with E-state index in [4.69, 9.17) is 15.2 Å². The quantitative estimate of drug-likeness (QED) is 0.262. The Morgan fingerprint density at radius 3 is 2.46 bits per heavy atom. The van der Waals surface area contributed by atoms with Crippen LogP contribution in [0, 0.1) is 0 Å². The third-order valence-electron chi connectivity index (χ3n) is 5.51. The van der Waals surface area contributed by atoms with Crippen LogP contribution in [0.2, 0.25) is 0 Å². The number of aliphatic hydroxyl groups is 1. The molecule has 9 heteroatoms. The summed E-state index contributed by atoms with van der Waals surface area (Å²) in [6, 6.07) is 20.0. The lowest BCUT2D eigenvalue weighted by Gasteiger charge is -2.28. The van der Waals surface area contributed by atoms with Crippen molar-refractivity contribution in [3.8, 4) is 17.2 Å². The van der Waals surface area contributed by atoms with Crippen LogP contribution in [0.4, 0.5) is 0 Å². The fraction of sp³-hybridized carbons (Fsp3) is 0.269. The van der Waals surface area contributed by atoms with Gasteiger partial charge in [0.2, 0.25) is 5.91 Å². The highest BCUT2D eigenvalue weighted by atomic mass is 16.5. The maximum absolute atomic E-state index is 11.2. The van der Waals surface area contributed by atoms with Gasteiger partial charge in [-0.1, -0.05) is 23.4 Å². The standard InChI is InChI=1S/C26H29N5O4/c1-26(2,28-15-19(32)16-34-23-5-3-4-22-24(23)30-31-29-22)14-17-6-10-20(11-7-17)35-21-12-8-18(9-13-21)25(27)33/h3-13,19,28,32H,14-16H2,1-2H3,(H2,27,33)(H,29,30,31)/t19-/m0/s1. The molecular weight excluding hydrogens is 446 g/mol. The van der Waals surface area contributed by atoms with Crippen LogP contribution in [0.3, 0.4) is 0 Å². The van der Waals surface area contributed by atoms with Gasteiger partial charge in [0.05, 0.1) is 5.52 Å². The van der Waals surface area contributed by atoms with E-state index in [1.165, 1.54) is 0 Å². The molecule has 0 fully saturated rings. The van der Waals surface area contributed by atoms with Gasteiger partial charge >= 0.3 is 0 Å². The highest BCUT2D eigenvalue weighted by molar-refractivity contribution is 5.92. The van der Waals surface area contributed by atoms with Gasteiger partial charge in [-0.2, -0.15) is 0 Å². The summed E-state index contributed by atoms with van der Waals surface area (Å²) in [7, 11) is 0. The predicted molar refractivity (Wildman–Crippen MR) is 133 cm³/mol. The molecule has 0 unspecified atom stereocenters. The van der Waals surface area contributed by atoms with Crippen molar-refractivity contribution < 1.29 is 19.4 Å². The number of benzene rings is 3. The SMILES string of the molecule is CC(C)(Cc1ccc(Oc2ccc(C(N)=O)cc2)cc1)NC[C@H](O)COc1cccc2[nH]nnc12. The number of aliphatic hydroxyl groups excluding tert-OH is 1.